The Balaban J connectivity index is 1.71. The zero-order valence-electron chi connectivity index (χ0n) is 15.4. The van der Waals surface area contributed by atoms with Crippen LogP contribution in [-0.4, -0.2) is 30.0 Å². The van der Waals surface area contributed by atoms with Gasteiger partial charge >= 0.3 is 0 Å². The number of anilines is 2. The van der Waals surface area contributed by atoms with E-state index in [0.29, 0.717) is 12.1 Å². The van der Waals surface area contributed by atoms with Crippen molar-refractivity contribution in [2.75, 3.05) is 22.9 Å². The molecule has 1 fully saturated rings. The molecule has 0 radical (unpaired) electrons. The summed E-state index contributed by atoms with van der Waals surface area (Å²) in [5.41, 5.74) is 10.6. The third-order valence-electron chi connectivity index (χ3n) is 5.47. The number of benzene rings is 1. The summed E-state index contributed by atoms with van der Waals surface area (Å²) in [7, 11) is 0. The second-order valence-electron chi connectivity index (χ2n) is 7.37. The maximum Gasteiger partial charge on any atom is 0.236 e. The first-order valence-corrected chi connectivity index (χ1v) is 9.38. The molecule has 1 aromatic heterocycles. The van der Waals surface area contributed by atoms with Crippen molar-refractivity contribution in [1.29, 1.82) is 5.26 Å². The van der Waals surface area contributed by atoms with E-state index in [9.17, 15) is 4.79 Å². The van der Waals surface area contributed by atoms with Crippen molar-refractivity contribution in [3.63, 3.8) is 0 Å². The highest BCUT2D eigenvalue weighted by Crippen LogP contribution is 2.43. The number of hydrogen-bond donors (Lipinski definition) is 1. The van der Waals surface area contributed by atoms with Gasteiger partial charge < -0.3 is 15.5 Å². The average molecular weight is 361 g/mol. The predicted octanol–water partition coefficient (Wildman–Crippen LogP) is 2.53. The van der Waals surface area contributed by atoms with Gasteiger partial charge in [0.1, 0.15) is 0 Å². The van der Waals surface area contributed by atoms with Gasteiger partial charge in [-0.15, -0.1) is 0 Å². The molecule has 27 heavy (non-hydrogen) atoms. The van der Waals surface area contributed by atoms with Crippen molar-refractivity contribution in [1.82, 2.24) is 4.98 Å². The highest BCUT2D eigenvalue weighted by atomic mass is 16.2. The number of rotatable bonds is 3. The molecule has 2 aromatic rings. The Morgan fingerprint density at radius 1 is 1.30 bits per heavy atom. The van der Waals surface area contributed by atoms with Crippen LogP contribution in [0.25, 0.3) is 0 Å². The molecule has 2 aliphatic heterocycles. The van der Waals surface area contributed by atoms with E-state index in [0.717, 1.165) is 48.6 Å². The van der Waals surface area contributed by atoms with Gasteiger partial charge in [-0.1, -0.05) is 12.1 Å². The Kier molecular flexibility index (Phi) is 4.54. The monoisotopic (exact) mass is 361 g/mol. The largest absolute Gasteiger partial charge is 0.368 e. The van der Waals surface area contributed by atoms with Gasteiger partial charge in [0.05, 0.1) is 41.2 Å². The van der Waals surface area contributed by atoms with Crippen LogP contribution in [0.5, 0.6) is 0 Å². The molecule has 6 nitrogen and oxygen atoms in total. The number of piperidine rings is 1. The molecule has 0 aliphatic carbocycles. The summed E-state index contributed by atoms with van der Waals surface area (Å²) in [6.45, 7) is 4.13. The molecule has 0 bridgehead atoms. The van der Waals surface area contributed by atoms with Crippen molar-refractivity contribution >= 4 is 17.3 Å². The number of nitrogens with two attached hydrogens (primary N) is 1. The van der Waals surface area contributed by atoms with E-state index in [4.69, 9.17) is 11.0 Å². The number of nitrogens with zero attached hydrogens (tertiary/aromatic N) is 4. The summed E-state index contributed by atoms with van der Waals surface area (Å²) in [6, 6.07) is 11.7. The van der Waals surface area contributed by atoms with Crippen LogP contribution in [0.4, 0.5) is 11.4 Å². The van der Waals surface area contributed by atoms with Crippen LogP contribution in [0.15, 0.2) is 36.5 Å². The molecule has 1 aromatic carbocycles. The maximum atomic E-state index is 13.0. The van der Waals surface area contributed by atoms with E-state index in [1.165, 1.54) is 0 Å². The van der Waals surface area contributed by atoms with Gasteiger partial charge in [0.25, 0.3) is 0 Å². The highest BCUT2D eigenvalue weighted by Gasteiger charge is 2.38. The molecule has 0 saturated carbocycles. The Morgan fingerprint density at radius 3 is 2.78 bits per heavy atom. The van der Waals surface area contributed by atoms with E-state index in [1.54, 1.807) is 18.3 Å². The van der Waals surface area contributed by atoms with Crippen LogP contribution in [0, 0.1) is 11.3 Å². The zero-order chi connectivity index (χ0) is 19.0. The van der Waals surface area contributed by atoms with E-state index in [-0.39, 0.29) is 17.9 Å². The number of hydrogen-bond acceptors (Lipinski definition) is 5. The van der Waals surface area contributed by atoms with Crippen LogP contribution in [-0.2, 0) is 11.3 Å². The lowest BCUT2D eigenvalue weighted by atomic mass is 10.0. The lowest BCUT2D eigenvalue weighted by molar-refractivity contribution is -0.119. The Labute approximate surface area is 159 Å². The Hall–Kier alpha value is -2.91. The van der Waals surface area contributed by atoms with E-state index in [1.807, 2.05) is 30.0 Å². The normalized spacial score (nSPS) is 21.9. The molecule has 1 amide bonds. The summed E-state index contributed by atoms with van der Waals surface area (Å²) in [5, 5.41) is 8.98. The molecule has 0 spiro atoms. The lowest BCUT2D eigenvalue weighted by Crippen LogP contribution is -2.43. The van der Waals surface area contributed by atoms with Crippen LogP contribution < -0.4 is 15.5 Å². The van der Waals surface area contributed by atoms with Crippen LogP contribution in [0.3, 0.4) is 0 Å². The Morgan fingerprint density at radius 2 is 2.07 bits per heavy atom. The number of aromatic nitrogens is 1. The van der Waals surface area contributed by atoms with Crippen molar-refractivity contribution in [3.8, 4) is 6.07 Å². The molecule has 138 valence electrons. The average Bonchev–Trinajstić information content (AvgIpc) is 2.93. The second-order valence-corrected chi connectivity index (χ2v) is 7.37. The van der Waals surface area contributed by atoms with Gasteiger partial charge in [0, 0.05) is 25.3 Å². The summed E-state index contributed by atoms with van der Waals surface area (Å²) in [6.07, 6.45) is 3.88. The van der Waals surface area contributed by atoms with Crippen molar-refractivity contribution < 1.29 is 4.79 Å². The van der Waals surface area contributed by atoms with Crippen LogP contribution >= 0.6 is 0 Å². The molecule has 6 heteroatoms. The number of carbonyl (C=O) groups excluding carboxylic acids is 1. The quantitative estimate of drug-likeness (QED) is 0.908. The molecule has 2 atom stereocenters. The predicted molar refractivity (Wildman–Crippen MR) is 104 cm³/mol. The molecular weight excluding hydrogens is 338 g/mol. The minimum atomic E-state index is -0.253. The number of nitriles is 1. The van der Waals surface area contributed by atoms with Gasteiger partial charge in [-0.3, -0.25) is 9.78 Å². The van der Waals surface area contributed by atoms with Crippen molar-refractivity contribution in [2.45, 2.75) is 38.3 Å². The fraction of sp³-hybridized carbons (Fsp3) is 0.381. The molecule has 1 saturated heterocycles. The summed E-state index contributed by atoms with van der Waals surface area (Å²) in [4.78, 5) is 21.6. The molecule has 2 N–H and O–H groups in total. The summed E-state index contributed by atoms with van der Waals surface area (Å²) < 4.78 is 0. The fourth-order valence-corrected chi connectivity index (χ4v) is 4.02. The molecule has 3 heterocycles. The molecule has 4 rings (SSSR count). The minimum absolute atomic E-state index is 0.0654. The van der Waals surface area contributed by atoms with E-state index >= 15 is 0 Å². The number of carbonyl (C=O) groups is 1. The van der Waals surface area contributed by atoms with Gasteiger partial charge in [-0.05, 0) is 43.5 Å². The first-order chi connectivity index (χ1) is 13.1. The van der Waals surface area contributed by atoms with E-state index in [2.05, 4.69) is 16.0 Å². The topological polar surface area (TPSA) is 86.2 Å². The van der Waals surface area contributed by atoms with Crippen LogP contribution in [0.2, 0.25) is 0 Å². The molecule has 1 unspecified atom stereocenters. The second kappa shape index (κ2) is 7.01. The first kappa shape index (κ1) is 17.5. The minimum Gasteiger partial charge on any atom is -0.368 e. The fourth-order valence-electron chi connectivity index (χ4n) is 4.02. The number of fused-ring (bicyclic) bond motifs is 1. The zero-order valence-corrected chi connectivity index (χ0v) is 15.4. The van der Waals surface area contributed by atoms with E-state index < -0.39 is 0 Å². The van der Waals surface area contributed by atoms with Gasteiger partial charge in [-0.25, -0.2) is 0 Å². The maximum absolute atomic E-state index is 13.0. The first-order valence-electron chi connectivity index (χ1n) is 9.38. The number of amides is 1. The third-order valence-corrected chi connectivity index (χ3v) is 5.47. The summed E-state index contributed by atoms with van der Waals surface area (Å²) >= 11 is 0. The van der Waals surface area contributed by atoms with Gasteiger partial charge in [0.2, 0.25) is 5.91 Å². The van der Waals surface area contributed by atoms with Crippen molar-refractivity contribution in [2.24, 2.45) is 5.73 Å². The standard InChI is InChI=1S/C21H23N5O/c1-14-19-20(18(8-9-24-19)25-10-2-3-17(23)13-25)26(21(14)27)12-16-6-4-15(11-22)5-7-16/h4-9,14,17H,2-3,10,12-13,23H2,1H3/t14?,17-/m1/s1. The Bertz CT molecular complexity index is 902. The number of pyridine rings is 1. The molecular formula is C21H23N5O. The van der Waals surface area contributed by atoms with Gasteiger partial charge in [-0.2, -0.15) is 5.26 Å². The van der Waals surface area contributed by atoms with Gasteiger partial charge in [0.15, 0.2) is 0 Å². The highest BCUT2D eigenvalue weighted by molar-refractivity contribution is 6.07. The molecule has 2 aliphatic rings. The SMILES string of the molecule is CC1C(=O)N(Cc2ccc(C#N)cc2)c2c(N3CCC[C@@H](N)C3)ccnc21. The lowest BCUT2D eigenvalue weighted by Gasteiger charge is -2.35. The van der Waals surface area contributed by atoms with Crippen LogP contribution in [0.1, 0.15) is 42.5 Å². The third kappa shape index (κ3) is 3.15. The van der Waals surface area contributed by atoms with Crippen molar-refractivity contribution in [3.05, 3.63) is 53.3 Å². The smallest absolute Gasteiger partial charge is 0.236 e. The summed E-state index contributed by atoms with van der Waals surface area (Å²) in [5.74, 6) is -0.188.